The predicted molar refractivity (Wildman–Crippen MR) is 131 cm³/mol. The minimum Gasteiger partial charge on any atom is -0.481 e. The van der Waals surface area contributed by atoms with Crippen molar-refractivity contribution in [1.82, 2.24) is 10.6 Å². The van der Waals surface area contributed by atoms with Crippen molar-refractivity contribution in [3.63, 3.8) is 0 Å². The zero-order valence-corrected chi connectivity index (χ0v) is 20.3. The van der Waals surface area contributed by atoms with E-state index >= 15 is 0 Å². The van der Waals surface area contributed by atoms with Gasteiger partial charge in [0.25, 0.3) is 0 Å². The van der Waals surface area contributed by atoms with Crippen molar-refractivity contribution in [1.29, 1.82) is 0 Å². The Bertz CT molecular complexity index is 998. The third-order valence-corrected chi connectivity index (χ3v) is 5.91. The average molecular weight is 467 g/mol. The Balaban J connectivity index is 1.64. The van der Waals surface area contributed by atoms with Gasteiger partial charge in [-0.1, -0.05) is 69.3 Å². The smallest absolute Gasteiger partial charge is 0.407 e. The number of fused-ring (bicyclic) bond motifs is 3. The Morgan fingerprint density at radius 1 is 0.971 bits per heavy atom. The summed E-state index contributed by atoms with van der Waals surface area (Å²) in [5, 5.41) is 14.5. The Kier molecular flexibility index (Phi) is 7.97. The van der Waals surface area contributed by atoms with Crippen LogP contribution in [-0.2, 0) is 14.3 Å². The molecule has 0 aliphatic heterocycles. The SMILES string of the molecule is CC(CC(C)(C)C)NC(=O)C(CCC(=O)O)NC(=O)OCC1c2ccccc2-c2ccccc21. The number of carbonyl (C=O) groups excluding carboxylic acids is 2. The molecule has 0 saturated carbocycles. The molecule has 0 radical (unpaired) electrons. The van der Waals surface area contributed by atoms with Gasteiger partial charge in [-0.15, -0.1) is 0 Å². The fourth-order valence-electron chi connectivity index (χ4n) is 4.63. The maximum atomic E-state index is 12.8. The topological polar surface area (TPSA) is 105 Å². The fraction of sp³-hybridized carbons (Fsp3) is 0.444. The third-order valence-electron chi connectivity index (χ3n) is 5.91. The van der Waals surface area contributed by atoms with Crippen LogP contribution in [-0.4, -0.2) is 41.8 Å². The third kappa shape index (κ3) is 6.59. The van der Waals surface area contributed by atoms with E-state index in [0.29, 0.717) is 0 Å². The summed E-state index contributed by atoms with van der Waals surface area (Å²) in [6.45, 7) is 8.24. The highest BCUT2D eigenvalue weighted by Crippen LogP contribution is 2.44. The molecule has 3 N–H and O–H groups in total. The minimum atomic E-state index is -1.03. The van der Waals surface area contributed by atoms with Crippen LogP contribution in [0, 0.1) is 5.41 Å². The van der Waals surface area contributed by atoms with Gasteiger partial charge in [-0.25, -0.2) is 4.79 Å². The van der Waals surface area contributed by atoms with Crippen molar-refractivity contribution in [3.8, 4) is 11.1 Å². The standard InChI is InChI=1S/C27H34N2O5/c1-17(15-27(2,3)4)28-25(32)23(13-14-24(30)31)29-26(33)34-16-22-20-11-7-5-9-18(20)19-10-6-8-12-21(19)22/h5-12,17,22-23H,13-16H2,1-4H3,(H,28,32)(H,29,33)(H,30,31). The quantitative estimate of drug-likeness (QED) is 0.497. The molecule has 34 heavy (non-hydrogen) atoms. The van der Waals surface area contributed by atoms with Crippen molar-refractivity contribution in [2.75, 3.05) is 6.61 Å². The molecule has 2 atom stereocenters. The molecule has 2 aromatic rings. The second-order valence-electron chi connectivity index (χ2n) is 10.1. The largest absolute Gasteiger partial charge is 0.481 e. The van der Waals surface area contributed by atoms with E-state index in [9.17, 15) is 14.4 Å². The highest BCUT2D eigenvalue weighted by atomic mass is 16.5. The molecule has 7 heteroatoms. The van der Waals surface area contributed by atoms with E-state index in [2.05, 4.69) is 43.5 Å². The summed E-state index contributed by atoms with van der Waals surface area (Å²) in [4.78, 5) is 36.5. The molecule has 0 aromatic heterocycles. The van der Waals surface area contributed by atoms with Crippen LogP contribution in [0.1, 0.15) is 64.0 Å². The summed E-state index contributed by atoms with van der Waals surface area (Å²) < 4.78 is 5.54. The van der Waals surface area contributed by atoms with E-state index < -0.39 is 24.0 Å². The molecule has 182 valence electrons. The minimum absolute atomic E-state index is 0.0173. The van der Waals surface area contributed by atoms with Crippen LogP contribution in [0.5, 0.6) is 0 Å². The molecule has 0 fully saturated rings. The van der Waals surface area contributed by atoms with Gasteiger partial charge in [-0.3, -0.25) is 9.59 Å². The molecular formula is C27H34N2O5. The highest BCUT2D eigenvalue weighted by molar-refractivity contribution is 5.86. The number of rotatable bonds is 9. The van der Waals surface area contributed by atoms with Crippen molar-refractivity contribution in [3.05, 3.63) is 59.7 Å². The van der Waals surface area contributed by atoms with Crippen LogP contribution in [0.4, 0.5) is 4.79 Å². The van der Waals surface area contributed by atoms with Crippen molar-refractivity contribution >= 4 is 18.0 Å². The van der Waals surface area contributed by atoms with Gasteiger partial charge < -0.3 is 20.5 Å². The van der Waals surface area contributed by atoms with E-state index in [1.807, 2.05) is 43.3 Å². The lowest BCUT2D eigenvalue weighted by atomic mass is 9.88. The Morgan fingerprint density at radius 2 is 1.53 bits per heavy atom. The van der Waals surface area contributed by atoms with Gasteiger partial charge in [0.15, 0.2) is 0 Å². The lowest BCUT2D eigenvalue weighted by molar-refractivity contribution is -0.137. The normalized spacial score (nSPS) is 14.5. The van der Waals surface area contributed by atoms with E-state index in [4.69, 9.17) is 9.84 Å². The highest BCUT2D eigenvalue weighted by Gasteiger charge is 2.30. The van der Waals surface area contributed by atoms with Crippen molar-refractivity contribution in [2.45, 2.75) is 65.0 Å². The van der Waals surface area contributed by atoms with Crippen LogP contribution >= 0.6 is 0 Å². The number of aliphatic carboxylic acids is 1. The number of carboxylic acids is 1. The maximum Gasteiger partial charge on any atom is 0.407 e. The summed E-state index contributed by atoms with van der Waals surface area (Å²) in [5.74, 6) is -1.54. The number of benzene rings is 2. The molecule has 3 rings (SSSR count). The first kappa shape index (κ1) is 25.3. The first-order chi connectivity index (χ1) is 16.0. The van der Waals surface area contributed by atoms with E-state index in [1.54, 1.807) is 0 Å². The molecule has 1 aliphatic carbocycles. The molecule has 7 nitrogen and oxygen atoms in total. The number of alkyl carbamates (subject to hydrolysis) is 1. The molecule has 1 aliphatic rings. The lowest BCUT2D eigenvalue weighted by Crippen LogP contribution is -2.50. The molecule has 0 saturated heterocycles. The van der Waals surface area contributed by atoms with E-state index in [-0.39, 0.29) is 36.8 Å². The van der Waals surface area contributed by atoms with Gasteiger partial charge in [0, 0.05) is 18.4 Å². The number of carbonyl (C=O) groups is 3. The number of nitrogens with one attached hydrogen (secondary N) is 2. The monoisotopic (exact) mass is 466 g/mol. The molecule has 2 amide bonds. The number of carboxylic acid groups (broad SMARTS) is 1. The van der Waals surface area contributed by atoms with Gasteiger partial charge in [0.05, 0.1) is 0 Å². The van der Waals surface area contributed by atoms with Crippen LogP contribution in [0.3, 0.4) is 0 Å². The summed E-state index contributed by atoms with van der Waals surface area (Å²) >= 11 is 0. The zero-order valence-electron chi connectivity index (χ0n) is 20.3. The van der Waals surface area contributed by atoms with Crippen LogP contribution in [0.15, 0.2) is 48.5 Å². The average Bonchev–Trinajstić information content (AvgIpc) is 3.07. The van der Waals surface area contributed by atoms with Crippen LogP contribution < -0.4 is 10.6 Å². The zero-order chi connectivity index (χ0) is 24.9. The Morgan fingerprint density at radius 3 is 2.06 bits per heavy atom. The number of hydrogen-bond acceptors (Lipinski definition) is 4. The summed E-state index contributed by atoms with van der Waals surface area (Å²) in [5.41, 5.74) is 4.45. The molecule has 0 spiro atoms. The van der Waals surface area contributed by atoms with Crippen molar-refractivity contribution < 1.29 is 24.2 Å². The van der Waals surface area contributed by atoms with Gasteiger partial charge in [-0.05, 0) is 47.4 Å². The van der Waals surface area contributed by atoms with Gasteiger partial charge in [-0.2, -0.15) is 0 Å². The second kappa shape index (κ2) is 10.7. The van der Waals surface area contributed by atoms with Gasteiger partial charge in [0.1, 0.15) is 12.6 Å². The molecule has 2 unspecified atom stereocenters. The summed E-state index contributed by atoms with van der Waals surface area (Å²) in [7, 11) is 0. The van der Waals surface area contributed by atoms with Gasteiger partial charge in [0.2, 0.25) is 5.91 Å². The second-order valence-corrected chi connectivity index (χ2v) is 10.1. The molecule has 0 bridgehead atoms. The molecule has 2 aromatic carbocycles. The number of hydrogen-bond donors (Lipinski definition) is 3. The fourth-order valence-corrected chi connectivity index (χ4v) is 4.63. The number of ether oxygens (including phenoxy) is 1. The van der Waals surface area contributed by atoms with Gasteiger partial charge >= 0.3 is 12.1 Å². The van der Waals surface area contributed by atoms with Crippen molar-refractivity contribution in [2.24, 2.45) is 5.41 Å². The first-order valence-electron chi connectivity index (χ1n) is 11.7. The Hall–Kier alpha value is -3.35. The summed E-state index contributed by atoms with van der Waals surface area (Å²) in [6.07, 6.45) is -0.255. The predicted octanol–water partition coefficient (Wildman–Crippen LogP) is 4.70. The molecular weight excluding hydrogens is 432 g/mol. The van der Waals surface area contributed by atoms with Crippen LogP contribution in [0.25, 0.3) is 11.1 Å². The maximum absolute atomic E-state index is 12.8. The number of amides is 2. The first-order valence-corrected chi connectivity index (χ1v) is 11.7. The van der Waals surface area contributed by atoms with E-state index in [0.717, 1.165) is 28.7 Å². The molecule has 0 heterocycles. The van der Waals surface area contributed by atoms with E-state index in [1.165, 1.54) is 0 Å². The lowest BCUT2D eigenvalue weighted by Gasteiger charge is -2.26. The summed E-state index contributed by atoms with van der Waals surface area (Å²) in [6, 6.07) is 14.9. The van der Waals surface area contributed by atoms with Crippen LogP contribution in [0.2, 0.25) is 0 Å². The Labute approximate surface area is 200 Å².